The number of aromatic nitrogens is 1. The van der Waals surface area contributed by atoms with E-state index in [1.165, 1.54) is 18.4 Å². The first-order chi connectivity index (χ1) is 10.6. The lowest BCUT2D eigenvalue weighted by molar-refractivity contribution is 0.102. The van der Waals surface area contributed by atoms with Gasteiger partial charge in [-0.15, -0.1) is 0 Å². The minimum absolute atomic E-state index is 0.283. The molecule has 2 aromatic carbocycles. The van der Waals surface area contributed by atoms with E-state index in [1.807, 2.05) is 12.1 Å². The molecular formula is C15H10Cl2N2O2S. The lowest BCUT2D eigenvalue weighted by Gasteiger charge is -2.05. The molecular weight excluding hydrogens is 343 g/mol. The Kier molecular flexibility index (Phi) is 4.20. The van der Waals surface area contributed by atoms with E-state index < -0.39 is 0 Å². The van der Waals surface area contributed by atoms with Crippen LogP contribution < -0.4 is 10.1 Å². The van der Waals surface area contributed by atoms with E-state index in [4.69, 9.17) is 27.9 Å². The minimum Gasteiger partial charge on any atom is -0.495 e. The number of halogens is 2. The zero-order valence-corrected chi connectivity index (χ0v) is 13.7. The predicted molar refractivity (Wildman–Crippen MR) is 90.6 cm³/mol. The van der Waals surface area contributed by atoms with Crippen molar-refractivity contribution in [1.29, 1.82) is 0 Å². The Balaban J connectivity index is 1.84. The molecule has 1 amide bonds. The van der Waals surface area contributed by atoms with Crippen LogP contribution in [0.5, 0.6) is 5.75 Å². The maximum atomic E-state index is 12.2. The monoisotopic (exact) mass is 352 g/mol. The Hall–Kier alpha value is -1.82. The lowest BCUT2D eigenvalue weighted by atomic mass is 10.2. The van der Waals surface area contributed by atoms with E-state index in [0.717, 1.165) is 10.2 Å². The topological polar surface area (TPSA) is 51.2 Å². The smallest absolute Gasteiger partial charge is 0.257 e. The molecule has 0 radical (unpaired) electrons. The highest BCUT2D eigenvalue weighted by Gasteiger charge is 2.12. The first-order valence-corrected chi connectivity index (χ1v) is 7.85. The molecule has 0 bridgehead atoms. The molecule has 0 aliphatic carbocycles. The number of rotatable bonds is 3. The summed E-state index contributed by atoms with van der Waals surface area (Å²) >= 11 is 13.3. The van der Waals surface area contributed by atoms with Crippen LogP contribution in [0.4, 0.5) is 5.13 Å². The SMILES string of the molecule is COc1ccc(C(=O)Nc2nc3ccc(Cl)cc3s2)cc1Cl. The van der Waals surface area contributed by atoms with Gasteiger partial charge in [0.1, 0.15) is 5.75 Å². The number of hydrogen-bond acceptors (Lipinski definition) is 4. The van der Waals surface area contributed by atoms with Gasteiger partial charge in [-0.25, -0.2) is 4.98 Å². The second-order valence-corrected chi connectivity index (χ2v) is 6.31. The molecule has 22 heavy (non-hydrogen) atoms. The lowest BCUT2D eigenvalue weighted by Crippen LogP contribution is -2.11. The third-order valence-electron chi connectivity index (χ3n) is 2.98. The van der Waals surface area contributed by atoms with E-state index in [-0.39, 0.29) is 5.91 Å². The van der Waals surface area contributed by atoms with E-state index in [0.29, 0.717) is 26.5 Å². The van der Waals surface area contributed by atoms with Crippen molar-refractivity contribution in [3.8, 4) is 5.75 Å². The summed E-state index contributed by atoms with van der Waals surface area (Å²) in [4.78, 5) is 16.6. The Morgan fingerprint density at radius 3 is 2.77 bits per heavy atom. The molecule has 7 heteroatoms. The van der Waals surface area contributed by atoms with E-state index in [1.54, 1.807) is 24.3 Å². The van der Waals surface area contributed by atoms with Crippen molar-refractivity contribution >= 4 is 55.8 Å². The van der Waals surface area contributed by atoms with Crippen LogP contribution in [0.2, 0.25) is 10.0 Å². The molecule has 0 aliphatic rings. The summed E-state index contributed by atoms with van der Waals surface area (Å²) in [6.45, 7) is 0. The van der Waals surface area contributed by atoms with Gasteiger partial charge in [0.05, 0.1) is 22.3 Å². The normalized spacial score (nSPS) is 10.7. The number of carbonyl (C=O) groups excluding carboxylic acids is 1. The van der Waals surface area contributed by atoms with Gasteiger partial charge in [0.25, 0.3) is 5.91 Å². The first-order valence-electron chi connectivity index (χ1n) is 6.28. The van der Waals surface area contributed by atoms with Gasteiger partial charge in [-0.2, -0.15) is 0 Å². The number of carbonyl (C=O) groups is 1. The predicted octanol–water partition coefficient (Wildman–Crippen LogP) is 4.86. The molecule has 112 valence electrons. The summed E-state index contributed by atoms with van der Waals surface area (Å²) in [7, 11) is 1.52. The summed E-state index contributed by atoms with van der Waals surface area (Å²) < 4.78 is 5.98. The average molecular weight is 353 g/mol. The fourth-order valence-electron chi connectivity index (χ4n) is 1.93. The standard InChI is InChI=1S/C15H10Cl2N2O2S/c1-21-12-5-2-8(6-10(12)17)14(20)19-15-18-11-4-3-9(16)7-13(11)22-15/h2-7H,1H3,(H,18,19,20). The zero-order chi connectivity index (χ0) is 15.7. The number of fused-ring (bicyclic) bond motifs is 1. The van der Waals surface area contributed by atoms with Crippen LogP contribution in [0.3, 0.4) is 0 Å². The van der Waals surface area contributed by atoms with Crippen molar-refractivity contribution in [2.24, 2.45) is 0 Å². The highest BCUT2D eigenvalue weighted by atomic mass is 35.5. The molecule has 4 nitrogen and oxygen atoms in total. The van der Waals surface area contributed by atoms with Crippen molar-refractivity contribution < 1.29 is 9.53 Å². The fraction of sp³-hybridized carbons (Fsp3) is 0.0667. The molecule has 0 fully saturated rings. The summed E-state index contributed by atoms with van der Waals surface area (Å²) in [5, 5.41) is 4.28. The summed E-state index contributed by atoms with van der Waals surface area (Å²) in [5.74, 6) is 0.238. The van der Waals surface area contributed by atoms with Crippen LogP contribution in [0.1, 0.15) is 10.4 Å². The van der Waals surface area contributed by atoms with E-state index >= 15 is 0 Å². The van der Waals surface area contributed by atoms with Gasteiger partial charge in [-0.3, -0.25) is 10.1 Å². The van der Waals surface area contributed by atoms with Gasteiger partial charge in [0.15, 0.2) is 5.13 Å². The van der Waals surface area contributed by atoms with E-state index in [2.05, 4.69) is 10.3 Å². The molecule has 0 saturated heterocycles. The fourth-order valence-corrected chi connectivity index (χ4v) is 3.32. The molecule has 1 aromatic heterocycles. The third kappa shape index (κ3) is 3.02. The molecule has 1 N–H and O–H groups in total. The summed E-state index contributed by atoms with van der Waals surface area (Å²) in [5.41, 5.74) is 1.22. The Morgan fingerprint density at radius 1 is 1.23 bits per heavy atom. The number of methoxy groups -OCH3 is 1. The highest BCUT2D eigenvalue weighted by Crippen LogP contribution is 2.29. The Bertz CT molecular complexity index is 864. The maximum absolute atomic E-state index is 12.2. The van der Waals surface area contributed by atoms with Crippen LogP contribution in [-0.4, -0.2) is 18.0 Å². The van der Waals surface area contributed by atoms with Crippen LogP contribution >= 0.6 is 34.5 Å². The van der Waals surface area contributed by atoms with Crippen molar-refractivity contribution in [2.45, 2.75) is 0 Å². The largest absolute Gasteiger partial charge is 0.495 e. The maximum Gasteiger partial charge on any atom is 0.257 e. The number of hydrogen-bond donors (Lipinski definition) is 1. The number of ether oxygens (including phenoxy) is 1. The van der Waals surface area contributed by atoms with Crippen molar-refractivity contribution in [3.05, 3.63) is 52.0 Å². The number of anilines is 1. The summed E-state index contributed by atoms with van der Waals surface area (Å²) in [6, 6.07) is 10.2. The van der Waals surface area contributed by atoms with Gasteiger partial charge < -0.3 is 4.74 Å². The molecule has 0 spiro atoms. The number of thiazole rings is 1. The Labute approximate surface area is 140 Å². The van der Waals surface area contributed by atoms with Crippen LogP contribution in [-0.2, 0) is 0 Å². The van der Waals surface area contributed by atoms with Crippen molar-refractivity contribution in [2.75, 3.05) is 12.4 Å². The molecule has 1 heterocycles. The molecule has 3 rings (SSSR count). The van der Waals surface area contributed by atoms with Crippen molar-refractivity contribution in [3.63, 3.8) is 0 Å². The average Bonchev–Trinajstić information content (AvgIpc) is 2.88. The summed E-state index contributed by atoms with van der Waals surface area (Å²) in [6.07, 6.45) is 0. The number of nitrogens with zero attached hydrogens (tertiary/aromatic N) is 1. The van der Waals surface area contributed by atoms with Gasteiger partial charge in [0, 0.05) is 10.6 Å². The number of benzene rings is 2. The van der Waals surface area contributed by atoms with Gasteiger partial charge in [-0.05, 0) is 36.4 Å². The quantitative estimate of drug-likeness (QED) is 0.731. The van der Waals surface area contributed by atoms with Crippen molar-refractivity contribution in [1.82, 2.24) is 4.98 Å². The number of nitrogens with one attached hydrogen (secondary N) is 1. The number of amides is 1. The second kappa shape index (κ2) is 6.12. The van der Waals surface area contributed by atoms with Gasteiger partial charge in [-0.1, -0.05) is 34.5 Å². The highest BCUT2D eigenvalue weighted by molar-refractivity contribution is 7.22. The Morgan fingerprint density at radius 2 is 2.05 bits per heavy atom. The van der Waals surface area contributed by atoms with E-state index in [9.17, 15) is 4.79 Å². The molecule has 3 aromatic rings. The van der Waals surface area contributed by atoms with Crippen LogP contribution in [0, 0.1) is 0 Å². The molecule has 0 saturated carbocycles. The molecule has 0 atom stereocenters. The molecule has 0 aliphatic heterocycles. The zero-order valence-electron chi connectivity index (χ0n) is 11.4. The van der Waals surface area contributed by atoms with Crippen LogP contribution in [0.25, 0.3) is 10.2 Å². The second-order valence-electron chi connectivity index (χ2n) is 4.43. The molecule has 0 unspecified atom stereocenters. The first kappa shape index (κ1) is 15.1. The minimum atomic E-state index is -0.283. The van der Waals surface area contributed by atoms with Crippen LogP contribution in [0.15, 0.2) is 36.4 Å². The van der Waals surface area contributed by atoms with Gasteiger partial charge in [0.2, 0.25) is 0 Å². The third-order valence-corrected chi connectivity index (χ3v) is 4.45. The van der Waals surface area contributed by atoms with Gasteiger partial charge >= 0.3 is 0 Å².